The first-order chi connectivity index (χ1) is 16.0. The summed E-state index contributed by atoms with van der Waals surface area (Å²) in [7, 11) is 1.57. The topological polar surface area (TPSA) is 128 Å². The van der Waals surface area contributed by atoms with Gasteiger partial charge in [0.25, 0.3) is 11.5 Å². The first kappa shape index (κ1) is 24.2. The molecule has 3 aromatic heterocycles. The molecule has 2 amide bonds. The normalized spacial score (nSPS) is 10.7. The predicted molar refractivity (Wildman–Crippen MR) is 124 cm³/mol. The number of ether oxygens (including phenoxy) is 1. The van der Waals surface area contributed by atoms with Crippen molar-refractivity contribution in [3.05, 3.63) is 68.8 Å². The molecule has 0 aliphatic heterocycles. The number of hydrogen-bond acceptors (Lipinski definition) is 8. The maximum absolute atomic E-state index is 12.4. The van der Waals surface area contributed by atoms with Crippen LogP contribution in [-0.4, -0.2) is 51.8 Å². The molecule has 0 atom stereocenters. The number of rotatable bonds is 12. The van der Waals surface area contributed by atoms with E-state index in [2.05, 4.69) is 25.8 Å². The Morgan fingerprint density at radius 1 is 1.18 bits per heavy atom. The molecule has 0 aliphatic rings. The number of unbranched alkanes of at least 4 members (excludes halogenated alkanes) is 1. The zero-order valence-corrected chi connectivity index (χ0v) is 19.1. The van der Waals surface area contributed by atoms with E-state index >= 15 is 0 Å². The first-order valence-electron chi connectivity index (χ1n) is 10.5. The van der Waals surface area contributed by atoms with E-state index in [-0.39, 0.29) is 23.8 Å². The zero-order valence-electron chi connectivity index (χ0n) is 18.3. The zero-order chi connectivity index (χ0) is 23.5. The number of carbonyl (C=O) groups is 2. The Morgan fingerprint density at radius 3 is 2.82 bits per heavy atom. The van der Waals surface area contributed by atoms with Gasteiger partial charge in [0.05, 0.1) is 13.0 Å². The van der Waals surface area contributed by atoms with Gasteiger partial charge in [0.1, 0.15) is 5.01 Å². The fraction of sp³-hybridized carbons (Fsp3) is 0.364. The van der Waals surface area contributed by atoms with Crippen LogP contribution in [0.4, 0.5) is 5.69 Å². The lowest BCUT2D eigenvalue weighted by molar-refractivity contribution is -0.115. The van der Waals surface area contributed by atoms with E-state index in [9.17, 15) is 14.4 Å². The Morgan fingerprint density at radius 2 is 2.06 bits per heavy atom. The average molecular weight is 471 g/mol. The molecule has 0 fully saturated rings. The molecule has 0 radical (unpaired) electrons. The highest BCUT2D eigenvalue weighted by molar-refractivity contribution is 7.13. The minimum atomic E-state index is -0.255. The molecular formula is C22H26N6O4S. The van der Waals surface area contributed by atoms with Gasteiger partial charge in [-0.15, -0.1) is 10.2 Å². The van der Waals surface area contributed by atoms with E-state index in [1.54, 1.807) is 42.3 Å². The molecule has 33 heavy (non-hydrogen) atoms. The van der Waals surface area contributed by atoms with E-state index in [1.807, 2.05) is 6.07 Å². The van der Waals surface area contributed by atoms with Crippen LogP contribution in [0.5, 0.6) is 0 Å². The van der Waals surface area contributed by atoms with Gasteiger partial charge >= 0.3 is 0 Å². The molecule has 174 valence electrons. The lowest BCUT2D eigenvalue weighted by atomic mass is 10.2. The summed E-state index contributed by atoms with van der Waals surface area (Å²) in [6.45, 7) is 1.41. The summed E-state index contributed by atoms with van der Waals surface area (Å²) in [5.74, 6) is -0.482. The van der Waals surface area contributed by atoms with Gasteiger partial charge in [0.15, 0.2) is 0 Å². The van der Waals surface area contributed by atoms with Gasteiger partial charge < -0.3 is 19.9 Å². The third-order valence-corrected chi connectivity index (χ3v) is 5.62. The number of nitrogens with zero attached hydrogens (tertiary/aromatic N) is 4. The summed E-state index contributed by atoms with van der Waals surface area (Å²) in [6.07, 6.45) is 5.70. The Bertz CT molecular complexity index is 1120. The van der Waals surface area contributed by atoms with Crippen LogP contribution in [0.15, 0.2) is 47.5 Å². The van der Waals surface area contributed by atoms with Crippen molar-refractivity contribution in [2.45, 2.75) is 32.2 Å². The Kier molecular flexibility index (Phi) is 9.21. The van der Waals surface area contributed by atoms with E-state index in [0.717, 1.165) is 17.8 Å². The molecule has 11 heteroatoms. The first-order valence-corrected chi connectivity index (χ1v) is 11.4. The largest absolute Gasteiger partial charge is 0.383 e. The highest BCUT2D eigenvalue weighted by Gasteiger charge is 2.12. The van der Waals surface area contributed by atoms with Gasteiger partial charge in [-0.05, 0) is 31.0 Å². The summed E-state index contributed by atoms with van der Waals surface area (Å²) in [5, 5.41) is 14.5. The number of anilines is 1. The van der Waals surface area contributed by atoms with Crippen LogP contribution in [0.25, 0.3) is 0 Å². The van der Waals surface area contributed by atoms with Gasteiger partial charge in [-0.1, -0.05) is 17.4 Å². The van der Waals surface area contributed by atoms with Crippen LogP contribution in [0.3, 0.4) is 0 Å². The van der Waals surface area contributed by atoms with Crippen molar-refractivity contribution < 1.29 is 14.3 Å². The number of aryl methyl sites for hydroxylation is 2. The van der Waals surface area contributed by atoms with Crippen LogP contribution >= 0.6 is 11.3 Å². The van der Waals surface area contributed by atoms with E-state index in [1.165, 1.54) is 17.4 Å². The Hall–Kier alpha value is -3.44. The van der Waals surface area contributed by atoms with Crippen LogP contribution < -0.4 is 16.2 Å². The molecule has 0 spiro atoms. The predicted octanol–water partition coefficient (Wildman–Crippen LogP) is 1.68. The van der Waals surface area contributed by atoms with Gasteiger partial charge in [0, 0.05) is 56.5 Å². The number of pyridine rings is 2. The summed E-state index contributed by atoms with van der Waals surface area (Å²) >= 11 is 1.27. The van der Waals surface area contributed by atoms with Crippen molar-refractivity contribution in [2.24, 2.45) is 0 Å². The smallest absolute Gasteiger partial charge is 0.282 e. The van der Waals surface area contributed by atoms with Crippen LogP contribution in [-0.2, 0) is 28.9 Å². The molecular weight excluding hydrogens is 444 g/mol. The summed E-state index contributed by atoms with van der Waals surface area (Å²) < 4.78 is 6.50. The summed E-state index contributed by atoms with van der Waals surface area (Å²) in [5.41, 5.74) is 0.941. The van der Waals surface area contributed by atoms with Crippen LogP contribution in [0.1, 0.15) is 33.3 Å². The maximum Gasteiger partial charge on any atom is 0.282 e. The quantitative estimate of drug-likeness (QED) is 0.385. The number of methoxy groups -OCH3 is 1. The Labute approximate surface area is 195 Å². The van der Waals surface area contributed by atoms with Gasteiger partial charge in [-0.3, -0.25) is 19.4 Å². The number of aromatic nitrogens is 4. The third kappa shape index (κ3) is 7.88. The minimum absolute atomic E-state index is 0.145. The van der Waals surface area contributed by atoms with Crippen molar-refractivity contribution in [1.82, 2.24) is 25.1 Å². The fourth-order valence-electron chi connectivity index (χ4n) is 2.99. The van der Waals surface area contributed by atoms with Crippen molar-refractivity contribution in [3.63, 3.8) is 0 Å². The second-order valence-corrected chi connectivity index (χ2v) is 8.26. The molecule has 3 heterocycles. The Balaban J connectivity index is 1.41. The van der Waals surface area contributed by atoms with E-state index in [0.29, 0.717) is 42.5 Å². The van der Waals surface area contributed by atoms with Crippen molar-refractivity contribution in [3.8, 4) is 0 Å². The second-order valence-electron chi connectivity index (χ2n) is 7.20. The summed E-state index contributed by atoms with van der Waals surface area (Å²) in [4.78, 5) is 40.6. The SMILES string of the molecule is COCCNC(=O)c1nnc(CCCCn2ccc(NC(=O)Cc3ccccn3)cc2=O)s1. The molecule has 0 saturated heterocycles. The highest BCUT2D eigenvalue weighted by atomic mass is 32.1. The molecule has 3 aromatic rings. The molecule has 0 saturated carbocycles. The molecule has 0 aliphatic carbocycles. The van der Waals surface area contributed by atoms with Gasteiger partial charge in [-0.2, -0.15) is 0 Å². The van der Waals surface area contributed by atoms with Gasteiger partial charge in [0.2, 0.25) is 10.9 Å². The monoisotopic (exact) mass is 470 g/mol. The maximum atomic E-state index is 12.4. The number of amides is 2. The second kappa shape index (κ2) is 12.6. The molecule has 10 nitrogen and oxygen atoms in total. The molecule has 0 bridgehead atoms. The third-order valence-electron chi connectivity index (χ3n) is 4.64. The number of hydrogen-bond donors (Lipinski definition) is 2. The molecule has 0 aromatic carbocycles. The fourth-order valence-corrected chi connectivity index (χ4v) is 3.79. The summed E-state index contributed by atoms with van der Waals surface area (Å²) in [6, 6.07) is 8.50. The van der Waals surface area contributed by atoms with Crippen molar-refractivity contribution in [1.29, 1.82) is 0 Å². The highest BCUT2D eigenvalue weighted by Crippen LogP contribution is 2.13. The van der Waals surface area contributed by atoms with Gasteiger partial charge in [-0.25, -0.2) is 0 Å². The number of nitrogens with one attached hydrogen (secondary N) is 2. The molecule has 2 N–H and O–H groups in total. The van der Waals surface area contributed by atoms with Crippen molar-refractivity contribution in [2.75, 3.05) is 25.6 Å². The minimum Gasteiger partial charge on any atom is -0.383 e. The average Bonchev–Trinajstić information content (AvgIpc) is 3.28. The lowest BCUT2D eigenvalue weighted by Gasteiger charge is -2.08. The lowest BCUT2D eigenvalue weighted by Crippen LogP contribution is -2.26. The van der Waals surface area contributed by atoms with Crippen LogP contribution in [0, 0.1) is 0 Å². The van der Waals surface area contributed by atoms with Crippen LogP contribution in [0.2, 0.25) is 0 Å². The molecule has 3 rings (SSSR count). The van der Waals surface area contributed by atoms with E-state index in [4.69, 9.17) is 4.74 Å². The number of carbonyl (C=O) groups excluding carboxylic acids is 2. The van der Waals surface area contributed by atoms with Crippen molar-refractivity contribution >= 4 is 28.8 Å². The van der Waals surface area contributed by atoms with E-state index < -0.39 is 0 Å². The standard InChI is InChI=1S/C22H26N6O4S/c1-32-13-10-24-21(31)22-27-26-19(33-22)7-3-5-11-28-12-8-17(15-20(28)30)25-18(29)14-16-6-2-4-9-23-16/h2,4,6,8-9,12,15H,3,5,7,10-11,13-14H2,1H3,(H,24,31)(H,25,29). The molecule has 0 unspecified atom stereocenters.